The van der Waals surface area contributed by atoms with Crippen molar-refractivity contribution in [3.8, 4) is 11.9 Å². The van der Waals surface area contributed by atoms with Crippen molar-refractivity contribution in [2.45, 2.75) is 109 Å². The first kappa shape index (κ1) is 40.8. The minimum atomic E-state index is -2.50. The van der Waals surface area contributed by atoms with E-state index in [1.165, 1.54) is 0 Å². The van der Waals surface area contributed by atoms with E-state index in [-0.39, 0.29) is 34.5 Å². The van der Waals surface area contributed by atoms with Crippen LogP contribution in [0, 0.1) is 0 Å². The van der Waals surface area contributed by atoms with Crippen molar-refractivity contribution in [2.24, 2.45) is 0 Å². The molecular formula is C35H63N7O5PSi2+. The van der Waals surface area contributed by atoms with E-state index in [9.17, 15) is 0 Å². The summed E-state index contributed by atoms with van der Waals surface area (Å²) in [5.74, 6) is 0.354. The third kappa shape index (κ3) is 8.61. The fourth-order valence-electron chi connectivity index (χ4n) is 5.58. The number of rotatable bonds is 14. The second kappa shape index (κ2) is 15.2. The Morgan fingerprint density at radius 3 is 1.98 bits per heavy atom. The predicted molar refractivity (Wildman–Crippen MR) is 208 cm³/mol. The summed E-state index contributed by atoms with van der Waals surface area (Å²) < 4.78 is 42.1. The minimum absolute atomic E-state index is 0.0447. The molecule has 15 heteroatoms. The molecule has 1 aromatic carbocycles. The van der Waals surface area contributed by atoms with Crippen LogP contribution in [0.4, 0.5) is 0 Å². The summed E-state index contributed by atoms with van der Waals surface area (Å²) in [6, 6.07) is 10.2. The molecule has 0 N–H and O–H groups in total. The average molecular weight is 749 g/mol. The first-order valence-electron chi connectivity index (χ1n) is 17.5. The van der Waals surface area contributed by atoms with Gasteiger partial charge in [0.25, 0.3) is 0 Å². The second-order valence-electron chi connectivity index (χ2n) is 16.9. The molecule has 50 heavy (non-hydrogen) atoms. The van der Waals surface area contributed by atoms with Crippen LogP contribution in [0.1, 0.15) is 59.8 Å². The Labute approximate surface area is 303 Å². The lowest BCUT2D eigenvalue weighted by atomic mass is 10.2. The van der Waals surface area contributed by atoms with E-state index in [0.717, 1.165) is 5.56 Å². The second-order valence-corrected chi connectivity index (χ2v) is 30.1. The SMILES string of the molecule is CN(C)[P+](Oc1nc(OCc2ccccc2)c2ncn([C@H]3C[C@H](O[Si](C)(C)C(C)(C)C)[C@@H](CO[Si](C)(C)C(C)(C)C)O3)c2n1)(N(C)C)N(C)C. The van der Waals surface area contributed by atoms with Gasteiger partial charge < -0.3 is 18.3 Å². The molecule has 3 atom stereocenters. The molecule has 1 saturated heterocycles. The van der Waals surface area contributed by atoms with Crippen LogP contribution in [0.3, 0.4) is 0 Å². The molecule has 3 aromatic rings. The molecule has 1 aliphatic rings. The molecule has 1 fully saturated rings. The van der Waals surface area contributed by atoms with Gasteiger partial charge in [0.1, 0.15) is 18.9 Å². The predicted octanol–water partition coefficient (Wildman–Crippen LogP) is 7.85. The highest BCUT2D eigenvalue weighted by atomic mass is 31.2. The number of ether oxygens (including phenoxy) is 2. The van der Waals surface area contributed by atoms with E-state index in [4.69, 9.17) is 37.8 Å². The fourth-order valence-corrected chi connectivity index (χ4v) is 10.9. The van der Waals surface area contributed by atoms with Crippen LogP contribution in [0.25, 0.3) is 11.2 Å². The third-order valence-electron chi connectivity index (χ3n) is 10.5. The first-order valence-corrected chi connectivity index (χ1v) is 24.9. The minimum Gasteiger partial charge on any atom is -0.471 e. The number of imidazole rings is 1. The lowest BCUT2D eigenvalue weighted by Crippen LogP contribution is -2.48. The van der Waals surface area contributed by atoms with Crippen LogP contribution in [0.5, 0.6) is 11.9 Å². The van der Waals surface area contributed by atoms with Gasteiger partial charge in [-0.05, 0) is 41.8 Å². The molecule has 0 saturated carbocycles. The summed E-state index contributed by atoms with van der Waals surface area (Å²) in [5.41, 5.74) is 2.14. The molecule has 0 unspecified atom stereocenters. The molecule has 3 heterocycles. The largest absolute Gasteiger partial charge is 0.471 e. The third-order valence-corrected chi connectivity index (χ3v) is 23.1. The summed E-state index contributed by atoms with van der Waals surface area (Å²) in [6.45, 7) is 23.5. The van der Waals surface area contributed by atoms with Gasteiger partial charge in [0.05, 0.1) is 19.0 Å². The summed E-state index contributed by atoms with van der Waals surface area (Å²) in [4.78, 5) is 14.6. The average Bonchev–Trinajstić information content (AvgIpc) is 3.60. The van der Waals surface area contributed by atoms with Crippen LogP contribution in [-0.4, -0.2) is 111 Å². The molecule has 1 aliphatic heterocycles. The quantitative estimate of drug-likeness (QED) is 0.119. The van der Waals surface area contributed by atoms with Gasteiger partial charge in [-0.15, -0.1) is 14.0 Å². The molecule has 2 aromatic heterocycles. The molecule has 0 bridgehead atoms. The molecule has 0 aliphatic carbocycles. The van der Waals surface area contributed by atoms with Gasteiger partial charge in [0, 0.05) is 48.7 Å². The van der Waals surface area contributed by atoms with Gasteiger partial charge in [0.2, 0.25) is 5.88 Å². The number of hydrogen-bond donors (Lipinski definition) is 0. The van der Waals surface area contributed by atoms with Gasteiger partial charge in [-0.25, -0.2) is 4.98 Å². The van der Waals surface area contributed by atoms with Crippen LogP contribution in [0.15, 0.2) is 36.7 Å². The van der Waals surface area contributed by atoms with E-state index in [1.807, 2.05) is 77.2 Å². The first-order chi connectivity index (χ1) is 23.0. The van der Waals surface area contributed by atoms with E-state index in [1.54, 1.807) is 6.33 Å². The number of nitrogens with zero attached hydrogens (tertiary/aromatic N) is 7. The summed E-state index contributed by atoms with van der Waals surface area (Å²) in [5, 5.41) is 0.122. The standard InChI is InChI=1S/C35H63N7O5PSi2/c1-34(2,3)49(13,14)44-24-28-27(47-50(15,16)35(4,5)6)22-29(45-28)42-25-36-30-31(42)37-33(46-48(39(7)8,40(9)10)41(11)12)38-32(30)43-23-26-20-18-17-19-21-26/h17-21,25,27-29H,22-24H2,1-16H3/q+1/t27-,28+,29+/m0/s1. The summed E-state index contributed by atoms with van der Waals surface area (Å²) in [7, 11) is 5.35. The maximum Gasteiger partial charge on any atom is 0.421 e. The Morgan fingerprint density at radius 2 is 1.44 bits per heavy atom. The van der Waals surface area contributed by atoms with E-state index in [0.29, 0.717) is 36.7 Å². The highest BCUT2D eigenvalue weighted by Crippen LogP contribution is 2.63. The Balaban J connectivity index is 1.78. The molecule has 0 amide bonds. The fraction of sp³-hybridized carbons (Fsp3) is 0.686. The van der Waals surface area contributed by atoms with Gasteiger partial charge in [-0.3, -0.25) is 9.09 Å². The van der Waals surface area contributed by atoms with Crippen LogP contribution >= 0.6 is 7.94 Å². The molecule has 0 spiro atoms. The van der Waals surface area contributed by atoms with Crippen LogP contribution < -0.4 is 9.26 Å². The van der Waals surface area contributed by atoms with Crippen molar-refractivity contribution in [3.63, 3.8) is 0 Å². The van der Waals surface area contributed by atoms with E-state index in [2.05, 4.69) is 81.7 Å². The van der Waals surface area contributed by atoms with Gasteiger partial charge in [-0.2, -0.15) is 9.97 Å². The Hall–Kier alpha value is -2.01. The monoisotopic (exact) mass is 748 g/mol. The maximum atomic E-state index is 7.07. The molecule has 280 valence electrons. The van der Waals surface area contributed by atoms with Gasteiger partial charge >= 0.3 is 14.0 Å². The van der Waals surface area contributed by atoms with Crippen molar-refractivity contribution in [2.75, 3.05) is 48.9 Å². The number of benzene rings is 1. The van der Waals surface area contributed by atoms with E-state index < -0.39 is 24.6 Å². The topological polar surface area (TPSA) is 99.5 Å². The van der Waals surface area contributed by atoms with Crippen molar-refractivity contribution >= 4 is 35.7 Å². The molecular weight excluding hydrogens is 686 g/mol. The summed E-state index contributed by atoms with van der Waals surface area (Å²) in [6.07, 6.45) is 1.62. The lowest BCUT2D eigenvalue weighted by Gasteiger charge is -2.40. The zero-order valence-corrected chi connectivity index (χ0v) is 36.3. The summed E-state index contributed by atoms with van der Waals surface area (Å²) >= 11 is 0. The van der Waals surface area contributed by atoms with Crippen molar-refractivity contribution < 1.29 is 22.8 Å². The maximum absolute atomic E-state index is 7.07. The Kier molecular flexibility index (Phi) is 12.4. The molecule has 4 rings (SSSR count). The Bertz CT molecular complexity index is 1550. The highest BCUT2D eigenvalue weighted by Gasteiger charge is 2.54. The lowest BCUT2D eigenvalue weighted by molar-refractivity contribution is -0.0383. The highest BCUT2D eigenvalue weighted by molar-refractivity contribution is 7.64. The number of aromatic nitrogens is 4. The number of fused-ring (bicyclic) bond motifs is 1. The normalized spacial score (nSPS) is 19.7. The molecule has 12 nitrogen and oxygen atoms in total. The Morgan fingerprint density at radius 1 is 0.860 bits per heavy atom. The zero-order valence-electron chi connectivity index (χ0n) is 33.4. The van der Waals surface area contributed by atoms with Crippen molar-refractivity contribution in [1.29, 1.82) is 0 Å². The van der Waals surface area contributed by atoms with Gasteiger partial charge in [0.15, 0.2) is 27.8 Å². The van der Waals surface area contributed by atoms with Crippen molar-refractivity contribution in [3.05, 3.63) is 42.2 Å². The smallest absolute Gasteiger partial charge is 0.421 e. The van der Waals surface area contributed by atoms with E-state index >= 15 is 0 Å². The number of hydrogen-bond acceptors (Lipinski definition) is 11. The van der Waals surface area contributed by atoms with Crippen LogP contribution in [-0.2, 0) is 20.2 Å². The van der Waals surface area contributed by atoms with Crippen molar-refractivity contribution in [1.82, 2.24) is 33.5 Å². The molecule has 0 radical (unpaired) electrons. The van der Waals surface area contributed by atoms with Crippen LogP contribution in [0.2, 0.25) is 36.3 Å². The van der Waals surface area contributed by atoms with Gasteiger partial charge in [-0.1, -0.05) is 71.9 Å². The zero-order chi connectivity index (χ0) is 37.4.